The Balaban J connectivity index is 2.16. The number of carboxylic acid groups (broad SMARTS) is 1. The normalized spacial score (nSPS) is 16.9. The Labute approximate surface area is 112 Å². The lowest BCUT2D eigenvalue weighted by Crippen LogP contribution is -2.34. The van der Waals surface area contributed by atoms with Gasteiger partial charge in [-0.15, -0.1) is 0 Å². The lowest BCUT2D eigenvalue weighted by Gasteiger charge is -2.32. The quantitative estimate of drug-likeness (QED) is 0.856. The van der Waals surface area contributed by atoms with E-state index in [-0.39, 0.29) is 10.7 Å². The Morgan fingerprint density at radius 2 is 2.17 bits per heavy atom. The minimum atomic E-state index is -0.969. The molecule has 0 saturated carbocycles. The minimum absolute atomic E-state index is 0.197. The number of pyridine rings is 1. The van der Waals surface area contributed by atoms with E-state index in [0.717, 1.165) is 31.8 Å². The fourth-order valence-corrected chi connectivity index (χ4v) is 2.54. The van der Waals surface area contributed by atoms with E-state index >= 15 is 0 Å². The molecule has 1 N–H and O–H groups in total. The van der Waals surface area contributed by atoms with Gasteiger partial charge in [0, 0.05) is 13.1 Å². The molecule has 0 atom stereocenters. The van der Waals surface area contributed by atoms with Crippen molar-refractivity contribution < 1.29 is 9.90 Å². The summed E-state index contributed by atoms with van der Waals surface area (Å²) in [6, 6.07) is 2.98. The van der Waals surface area contributed by atoms with E-state index < -0.39 is 5.97 Å². The molecule has 0 aromatic carbocycles. The summed E-state index contributed by atoms with van der Waals surface area (Å²) in [7, 11) is 0. The number of aromatic carboxylic acids is 1. The van der Waals surface area contributed by atoms with Gasteiger partial charge in [0.1, 0.15) is 11.0 Å². The summed E-state index contributed by atoms with van der Waals surface area (Å²) in [5, 5.41) is 9.25. The molecule has 18 heavy (non-hydrogen) atoms. The van der Waals surface area contributed by atoms with Crippen LogP contribution < -0.4 is 4.90 Å². The second-order valence-electron chi connectivity index (χ2n) is 4.68. The SMILES string of the molecule is CCC1CCN(c2cc(C(=O)O)cc(Cl)n2)CC1. The van der Waals surface area contributed by atoms with E-state index in [2.05, 4.69) is 16.8 Å². The highest BCUT2D eigenvalue weighted by Gasteiger charge is 2.20. The van der Waals surface area contributed by atoms with Gasteiger partial charge in [-0.2, -0.15) is 0 Å². The highest BCUT2D eigenvalue weighted by molar-refractivity contribution is 6.29. The van der Waals surface area contributed by atoms with Gasteiger partial charge in [0.25, 0.3) is 0 Å². The fraction of sp³-hybridized carbons (Fsp3) is 0.538. The van der Waals surface area contributed by atoms with E-state index in [1.165, 1.54) is 12.5 Å². The predicted octanol–water partition coefficient (Wildman–Crippen LogP) is 3.06. The zero-order chi connectivity index (χ0) is 13.1. The van der Waals surface area contributed by atoms with Gasteiger partial charge >= 0.3 is 5.97 Å². The number of halogens is 1. The summed E-state index contributed by atoms with van der Waals surface area (Å²) >= 11 is 5.87. The molecular formula is C13H17ClN2O2. The Morgan fingerprint density at radius 1 is 1.50 bits per heavy atom. The van der Waals surface area contributed by atoms with E-state index in [1.807, 2.05) is 0 Å². The van der Waals surface area contributed by atoms with Crippen molar-refractivity contribution in [1.82, 2.24) is 4.98 Å². The smallest absolute Gasteiger partial charge is 0.335 e. The average Bonchev–Trinajstić information content (AvgIpc) is 2.38. The van der Waals surface area contributed by atoms with Gasteiger partial charge < -0.3 is 10.0 Å². The fourth-order valence-electron chi connectivity index (χ4n) is 2.34. The number of carboxylic acids is 1. The number of hydrogen-bond acceptors (Lipinski definition) is 3. The van der Waals surface area contributed by atoms with Crippen molar-refractivity contribution in [2.45, 2.75) is 26.2 Å². The number of piperidine rings is 1. The van der Waals surface area contributed by atoms with Gasteiger partial charge in [-0.25, -0.2) is 9.78 Å². The molecule has 2 heterocycles. The van der Waals surface area contributed by atoms with E-state index in [0.29, 0.717) is 5.82 Å². The number of hydrogen-bond donors (Lipinski definition) is 1. The van der Waals surface area contributed by atoms with Crippen LogP contribution in [0.4, 0.5) is 5.82 Å². The van der Waals surface area contributed by atoms with Crippen molar-refractivity contribution in [1.29, 1.82) is 0 Å². The lowest BCUT2D eigenvalue weighted by atomic mass is 9.94. The van der Waals surface area contributed by atoms with Crippen molar-refractivity contribution in [2.75, 3.05) is 18.0 Å². The first-order valence-corrected chi connectivity index (χ1v) is 6.63. The maximum absolute atomic E-state index is 11.0. The standard InChI is InChI=1S/C13H17ClN2O2/c1-2-9-3-5-16(6-4-9)12-8-10(13(17)18)7-11(14)15-12/h7-9H,2-6H2,1H3,(H,17,18). The van der Waals surface area contributed by atoms with Gasteiger partial charge in [-0.3, -0.25) is 0 Å². The third-order valence-electron chi connectivity index (χ3n) is 3.54. The highest BCUT2D eigenvalue weighted by atomic mass is 35.5. The molecule has 1 aliphatic rings. The number of carbonyl (C=O) groups is 1. The largest absolute Gasteiger partial charge is 0.478 e. The lowest BCUT2D eigenvalue weighted by molar-refractivity contribution is 0.0697. The molecule has 4 nitrogen and oxygen atoms in total. The first-order chi connectivity index (χ1) is 8.60. The van der Waals surface area contributed by atoms with Gasteiger partial charge in [0.05, 0.1) is 5.56 Å². The Kier molecular flexibility index (Phi) is 4.07. The van der Waals surface area contributed by atoms with Crippen LogP contribution in [0.1, 0.15) is 36.5 Å². The van der Waals surface area contributed by atoms with Crippen LogP contribution in [0.25, 0.3) is 0 Å². The molecule has 1 fully saturated rings. The van der Waals surface area contributed by atoms with Gasteiger partial charge in [0.2, 0.25) is 0 Å². The summed E-state index contributed by atoms with van der Waals surface area (Å²) in [5.74, 6) is 0.484. The molecule has 98 valence electrons. The number of rotatable bonds is 3. The van der Waals surface area contributed by atoms with Crippen LogP contribution in [-0.2, 0) is 0 Å². The topological polar surface area (TPSA) is 53.4 Å². The maximum Gasteiger partial charge on any atom is 0.335 e. The van der Waals surface area contributed by atoms with Crippen LogP contribution in [0.2, 0.25) is 5.15 Å². The second-order valence-corrected chi connectivity index (χ2v) is 5.07. The molecule has 0 unspecified atom stereocenters. The summed E-state index contributed by atoms with van der Waals surface area (Å²) in [4.78, 5) is 17.3. The zero-order valence-corrected chi connectivity index (χ0v) is 11.2. The third-order valence-corrected chi connectivity index (χ3v) is 3.74. The summed E-state index contributed by atoms with van der Waals surface area (Å²) < 4.78 is 0. The number of nitrogens with zero attached hydrogens (tertiary/aromatic N) is 2. The van der Waals surface area contributed by atoms with Crippen molar-refractivity contribution in [3.05, 3.63) is 22.8 Å². The van der Waals surface area contributed by atoms with Crippen molar-refractivity contribution in [3.8, 4) is 0 Å². The molecule has 0 radical (unpaired) electrons. The van der Waals surface area contributed by atoms with Gasteiger partial charge in [0.15, 0.2) is 0 Å². The Morgan fingerprint density at radius 3 is 2.72 bits per heavy atom. The minimum Gasteiger partial charge on any atom is -0.478 e. The van der Waals surface area contributed by atoms with Gasteiger partial charge in [-0.05, 0) is 30.9 Å². The van der Waals surface area contributed by atoms with Crippen LogP contribution >= 0.6 is 11.6 Å². The molecule has 1 aromatic rings. The molecule has 1 saturated heterocycles. The van der Waals surface area contributed by atoms with E-state index in [4.69, 9.17) is 16.7 Å². The molecule has 0 spiro atoms. The monoisotopic (exact) mass is 268 g/mol. The van der Waals surface area contributed by atoms with E-state index in [9.17, 15) is 4.79 Å². The van der Waals surface area contributed by atoms with E-state index in [1.54, 1.807) is 6.07 Å². The second kappa shape index (κ2) is 5.57. The van der Waals surface area contributed by atoms with Crippen molar-refractivity contribution in [2.24, 2.45) is 5.92 Å². The zero-order valence-electron chi connectivity index (χ0n) is 10.4. The highest BCUT2D eigenvalue weighted by Crippen LogP contribution is 2.25. The number of anilines is 1. The first kappa shape index (κ1) is 13.1. The first-order valence-electron chi connectivity index (χ1n) is 6.26. The van der Waals surface area contributed by atoms with Crippen LogP contribution in [-0.4, -0.2) is 29.1 Å². The predicted molar refractivity (Wildman–Crippen MR) is 71.4 cm³/mol. The molecule has 1 aliphatic heterocycles. The van der Waals surface area contributed by atoms with Crippen molar-refractivity contribution >= 4 is 23.4 Å². The molecule has 1 aromatic heterocycles. The summed E-state index contributed by atoms with van der Waals surface area (Å²) in [5.41, 5.74) is 0.197. The summed E-state index contributed by atoms with van der Waals surface area (Å²) in [6.07, 6.45) is 3.47. The average molecular weight is 269 g/mol. The molecule has 0 aliphatic carbocycles. The van der Waals surface area contributed by atoms with Crippen LogP contribution in [0.15, 0.2) is 12.1 Å². The molecule has 2 rings (SSSR count). The number of aromatic nitrogens is 1. The van der Waals surface area contributed by atoms with Crippen LogP contribution in [0.3, 0.4) is 0 Å². The summed E-state index contributed by atoms with van der Waals surface area (Å²) in [6.45, 7) is 4.05. The molecular weight excluding hydrogens is 252 g/mol. The maximum atomic E-state index is 11.0. The molecule has 5 heteroatoms. The third kappa shape index (κ3) is 2.93. The van der Waals surface area contributed by atoms with Gasteiger partial charge in [-0.1, -0.05) is 24.9 Å². The van der Waals surface area contributed by atoms with Crippen LogP contribution in [0, 0.1) is 5.92 Å². The van der Waals surface area contributed by atoms with Crippen LogP contribution in [0.5, 0.6) is 0 Å². The van der Waals surface area contributed by atoms with Crippen molar-refractivity contribution in [3.63, 3.8) is 0 Å². The molecule has 0 amide bonds. The Bertz CT molecular complexity index is 443. The molecule has 0 bridgehead atoms. The Hall–Kier alpha value is -1.29.